The lowest BCUT2D eigenvalue weighted by Gasteiger charge is -2.26. The molecule has 2 N–H and O–H groups in total. The van der Waals surface area contributed by atoms with Gasteiger partial charge in [-0.05, 0) is 23.8 Å². The highest BCUT2D eigenvalue weighted by atomic mass is 35.5. The third-order valence-electron chi connectivity index (χ3n) is 5.40. The van der Waals surface area contributed by atoms with Crippen molar-refractivity contribution in [2.24, 2.45) is 0 Å². The molecule has 8 nitrogen and oxygen atoms in total. The van der Waals surface area contributed by atoms with Crippen LogP contribution in [0.3, 0.4) is 0 Å². The molecule has 3 heterocycles. The van der Waals surface area contributed by atoms with E-state index in [1.165, 1.54) is 17.3 Å². The fourth-order valence-corrected chi connectivity index (χ4v) is 4.11. The molecule has 2 saturated heterocycles. The Morgan fingerprint density at radius 3 is 2.84 bits per heavy atom. The molecule has 2 aliphatic rings. The van der Waals surface area contributed by atoms with E-state index >= 15 is 0 Å². The van der Waals surface area contributed by atoms with Crippen molar-refractivity contribution < 1.29 is 22.8 Å². The average molecular weight is 457 g/mol. The van der Waals surface area contributed by atoms with Crippen molar-refractivity contribution in [2.45, 2.75) is 43.6 Å². The van der Waals surface area contributed by atoms with Gasteiger partial charge in [0.05, 0.1) is 24.8 Å². The second-order valence-electron chi connectivity index (χ2n) is 7.66. The number of nitrogens with zero attached hydrogens (tertiary/aromatic N) is 4. The van der Waals surface area contributed by atoms with E-state index in [0.29, 0.717) is 16.3 Å². The smallest absolute Gasteiger partial charge is 0.262 e. The lowest BCUT2D eigenvalue weighted by molar-refractivity contribution is -0.140. The number of aromatic nitrogens is 3. The molecular formula is C19H20ClF3N6O2. The van der Waals surface area contributed by atoms with Gasteiger partial charge in [-0.3, -0.25) is 14.9 Å². The highest BCUT2D eigenvalue weighted by molar-refractivity contribution is 6.30. The van der Waals surface area contributed by atoms with E-state index in [1.807, 2.05) is 0 Å². The van der Waals surface area contributed by atoms with Crippen molar-refractivity contribution in [1.29, 1.82) is 0 Å². The van der Waals surface area contributed by atoms with Gasteiger partial charge in [-0.15, -0.1) is 0 Å². The Bertz CT molecular complexity index is 974. The third kappa shape index (κ3) is 4.67. The molecule has 3 atom stereocenters. The van der Waals surface area contributed by atoms with Gasteiger partial charge in [0, 0.05) is 24.4 Å². The molecule has 0 bridgehead atoms. The maximum absolute atomic E-state index is 14.1. The predicted molar refractivity (Wildman–Crippen MR) is 105 cm³/mol. The standard InChI is InChI=1S/C19H20ClF3N6O2/c20-12-1-2-15(29-10-24-9-27-29)11(3-12)6-25-17(30)16-4-13(21)7-28(16)18(31)14-5-19(22,23)8-26-14/h1-3,9-10,13-14,16,26H,4-8H2,(H,25,30)/t13-,14?,16?/m1/s1. The molecule has 166 valence electrons. The van der Waals surface area contributed by atoms with E-state index in [-0.39, 0.29) is 19.5 Å². The maximum atomic E-state index is 14.1. The van der Waals surface area contributed by atoms with Crippen molar-refractivity contribution in [3.8, 4) is 5.69 Å². The number of likely N-dealkylation sites (tertiary alicyclic amines) is 1. The summed E-state index contributed by atoms with van der Waals surface area (Å²) in [4.78, 5) is 30.4. The first-order valence-corrected chi connectivity index (χ1v) is 10.1. The normalized spacial score (nSPS) is 25.0. The monoisotopic (exact) mass is 456 g/mol. The summed E-state index contributed by atoms with van der Waals surface area (Å²) >= 11 is 6.07. The largest absolute Gasteiger partial charge is 0.350 e. The minimum absolute atomic E-state index is 0.0455. The first-order chi connectivity index (χ1) is 14.7. The molecule has 2 aromatic rings. The van der Waals surface area contributed by atoms with Crippen LogP contribution in [0.4, 0.5) is 13.2 Å². The van der Waals surface area contributed by atoms with Crippen LogP contribution < -0.4 is 10.6 Å². The summed E-state index contributed by atoms with van der Waals surface area (Å²) in [7, 11) is 0. The summed E-state index contributed by atoms with van der Waals surface area (Å²) in [5.41, 5.74) is 1.28. The van der Waals surface area contributed by atoms with Crippen molar-refractivity contribution >= 4 is 23.4 Å². The Hall–Kier alpha value is -2.66. The van der Waals surface area contributed by atoms with Crippen LogP contribution in [0.25, 0.3) is 5.69 Å². The molecule has 1 aromatic heterocycles. The minimum Gasteiger partial charge on any atom is -0.350 e. The van der Waals surface area contributed by atoms with E-state index in [1.54, 1.807) is 18.2 Å². The number of carbonyl (C=O) groups excluding carboxylic acids is 2. The summed E-state index contributed by atoms with van der Waals surface area (Å²) in [6, 6.07) is 2.82. The van der Waals surface area contributed by atoms with Gasteiger partial charge in [-0.2, -0.15) is 5.10 Å². The fraction of sp³-hybridized carbons (Fsp3) is 0.474. The Morgan fingerprint density at radius 2 is 2.16 bits per heavy atom. The number of alkyl halides is 3. The van der Waals surface area contributed by atoms with Crippen LogP contribution >= 0.6 is 11.6 Å². The van der Waals surface area contributed by atoms with Crippen molar-refractivity contribution in [2.75, 3.05) is 13.1 Å². The van der Waals surface area contributed by atoms with E-state index in [2.05, 4.69) is 20.7 Å². The molecule has 2 unspecified atom stereocenters. The minimum atomic E-state index is -3.00. The zero-order valence-corrected chi connectivity index (χ0v) is 17.0. The number of carbonyl (C=O) groups is 2. The van der Waals surface area contributed by atoms with E-state index in [4.69, 9.17) is 11.6 Å². The zero-order valence-electron chi connectivity index (χ0n) is 16.3. The average Bonchev–Trinajstić information content (AvgIpc) is 3.45. The SMILES string of the molecule is O=C(NCc1cc(Cl)ccc1-n1cncn1)C1C[C@@H](F)CN1C(=O)C1CC(F)(F)CN1. The van der Waals surface area contributed by atoms with Gasteiger partial charge in [-0.25, -0.2) is 22.8 Å². The molecule has 2 aliphatic heterocycles. The van der Waals surface area contributed by atoms with Crippen LogP contribution in [0, 0.1) is 0 Å². The van der Waals surface area contributed by atoms with Crippen LogP contribution in [0.5, 0.6) is 0 Å². The van der Waals surface area contributed by atoms with Gasteiger partial charge in [-0.1, -0.05) is 11.6 Å². The van der Waals surface area contributed by atoms with Crippen LogP contribution in [-0.4, -0.2) is 68.7 Å². The quantitative estimate of drug-likeness (QED) is 0.711. The Labute approximate surface area is 180 Å². The van der Waals surface area contributed by atoms with E-state index in [9.17, 15) is 22.8 Å². The summed E-state index contributed by atoms with van der Waals surface area (Å²) in [6.07, 6.45) is 0.590. The van der Waals surface area contributed by atoms with Gasteiger partial charge >= 0.3 is 0 Å². The molecule has 1 aromatic carbocycles. The number of hydrogen-bond donors (Lipinski definition) is 2. The second kappa shape index (κ2) is 8.46. The first kappa shape index (κ1) is 21.6. The maximum Gasteiger partial charge on any atom is 0.262 e. The number of nitrogens with one attached hydrogen (secondary N) is 2. The van der Waals surface area contributed by atoms with Crippen molar-refractivity contribution in [1.82, 2.24) is 30.3 Å². The third-order valence-corrected chi connectivity index (χ3v) is 5.64. The van der Waals surface area contributed by atoms with Crippen LogP contribution in [0.2, 0.25) is 5.02 Å². The van der Waals surface area contributed by atoms with Gasteiger partial charge in [0.1, 0.15) is 24.9 Å². The molecule has 4 rings (SSSR count). The van der Waals surface area contributed by atoms with Crippen LogP contribution in [0.15, 0.2) is 30.9 Å². The van der Waals surface area contributed by atoms with E-state index < -0.39 is 49.0 Å². The van der Waals surface area contributed by atoms with Crippen LogP contribution in [-0.2, 0) is 16.1 Å². The van der Waals surface area contributed by atoms with Gasteiger partial charge in [0.25, 0.3) is 5.92 Å². The topological polar surface area (TPSA) is 92.2 Å². The molecule has 2 fully saturated rings. The van der Waals surface area contributed by atoms with Gasteiger partial charge < -0.3 is 10.2 Å². The van der Waals surface area contributed by atoms with Crippen molar-refractivity contribution in [3.63, 3.8) is 0 Å². The number of benzene rings is 1. The van der Waals surface area contributed by atoms with Crippen molar-refractivity contribution in [3.05, 3.63) is 41.4 Å². The highest BCUT2D eigenvalue weighted by Gasteiger charge is 2.47. The molecule has 2 amide bonds. The fourth-order valence-electron chi connectivity index (χ4n) is 3.92. The lowest BCUT2D eigenvalue weighted by atomic mass is 10.1. The predicted octanol–water partition coefficient (Wildman–Crippen LogP) is 1.47. The summed E-state index contributed by atoms with van der Waals surface area (Å²) in [5, 5.41) is 9.66. The van der Waals surface area contributed by atoms with Gasteiger partial charge in [0.15, 0.2) is 0 Å². The number of halogens is 4. The summed E-state index contributed by atoms with van der Waals surface area (Å²) < 4.78 is 42.5. The zero-order chi connectivity index (χ0) is 22.2. The number of amides is 2. The van der Waals surface area contributed by atoms with Crippen LogP contribution in [0.1, 0.15) is 18.4 Å². The number of hydrogen-bond acceptors (Lipinski definition) is 5. The molecule has 0 aliphatic carbocycles. The Kier molecular flexibility index (Phi) is 5.89. The first-order valence-electron chi connectivity index (χ1n) is 9.70. The summed E-state index contributed by atoms with van der Waals surface area (Å²) in [6.45, 7) is -0.876. The molecule has 0 radical (unpaired) electrons. The Morgan fingerprint density at radius 1 is 1.35 bits per heavy atom. The summed E-state index contributed by atoms with van der Waals surface area (Å²) in [5.74, 6) is -4.26. The Balaban J connectivity index is 1.46. The number of rotatable bonds is 5. The molecule has 31 heavy (non-hydrogen) atoms. The lowest BCUT2D eigenvalue weighted by Crippen LogP contribution is -2.51. The molecule has 0 saturated carbocycles. The molecular weight excluding hydrogens is 437 g/mol. The van der Waals surface area contributed by atoms with Gasteiger partial charge in [0.2, 0.25) is 11.8 Å². The highest BCUT2D eigenvalue weighted by Crippen LogP contribution is 2.29. The van der Waals surface area contributed by atoms with E-state index in [0.717, 1.165) is 4.90 Å². The second-order valence-corrected chi connectivity index (χ2v) is 8.10. The molecule has 0 spiro atoms. The molecule has 12 heteroatoms.